The van der Waals surface area contributed by atoms with E-state index in [0.717, 1.165) is 19.3 Å². The third-order valence-electron chi connectivity index (χ3n) is 3.41. The fraction of sp³-hybridized carbons (Fsp3) is 0.833. The van der Waals surface area contributed by atoms with Crippen molar-refractivity contribution >= 4 is 11.8 Å². The molecule has 0 radical (unpaired) electrons. The minimum absolute atomic E-state index is 0.0271. The largest absolute Gasteiger partial charge is 0.352 e. The van der Waals surface area contributed by atoms with E-state index in [0.29, 0.717) is 0 Å². The molecule has 1 aliphatic carbocycles. The van der Waals surface area contributed by atoms with E-state index in [-0.39, 0.29) is 30.4 Å². The van der Waals surface area contributed by atoms with E-state index < -0.39 is 5.41 Å². The van der Waals surface area contributed by atoms with Crippen LogP contribution in [0.5, 0.6) is 0 Å². The van der Waals surface area contributed by atoms with E-state index >= 15 is 0 Å². The average molecular weight is 241 g/mol. The minimum atomic E-state index is -0.516. The standard InChI is InChI=1S/C12H23N3O2/c1-8(2)15-10(16)7-14-11(17)12(3)6-4-5-9(12)13/h8-9H,4-7,13H2,1-3H3,(H,14,17)(H,15,16). The van der Waals surface area contributed by atoms with E-state index in [2.05, 4.69) is 10.6 Å². The predicted molar refractivity (Wildman–Crippen MR) is 66.2 cm³/mol. The fourth-order valence-corrected chi connectivity index (χ4v) is 2.21. The van der Waals surface area contributed by atoms with Gasteiger partial charge in [-0.25, -0.2) is 0 Å². The number of carbonyl (C=O) groups excluding carboxylic acids is 2. The maximum absolute atomic E-state index is 12.0. The topological polar surface area (TPSA) is 84.2 Å². The van der Waals surface area contributed by atoms with Crippen LogP contribution in [0.25, 0.3) is 0 Å². The summed E-state index contributed by atoms with van der Waals surface area (Å²) in [6.45, 7) is 5.67. The number of hydrogen-bond donors (Lipinski definition) is 3. The molecule has 4 N–H and O–H groups in total. The molecule has 0 aromatic heterocycles. The Morgan fingerprint density at radius 1 is 1.47 bits per heavy atom. The Morgan fingerprint density at radius 2 is 2.12 bits per heavy atom. The Labute approximate surface area is 103 Å². The smallest absolute Gasteiger partial charge is 0.239 e. The Kier molecular flexibility index (Phi) is 4.51. The van der Waals surface area contributed by atoms with Gasteiger partial charge in [-0.15, -0.1) is 0 Å². The van der Waals surface area contributed by atoms with Crippen LogP contribution in [0.4, 0.5) is 0 Å². The molecule has 1 saturated carbocycles. The molecule has 0 spiro atoms. The van der Waals surface area contributed by atoms with Crippen molar-refractivity contribution in [3.63, 3.8) is 0 Å². The number of nitrogens with one attached hydrogen (secondary N) is 2. The van der Waals surface area contributed by atoms with Gasteiger partial charge >= 0.3 is 0 Å². The first kappa shape index (κ1) is 14.0. The van der Waals surface area contributed by atoms with Gasteiger partial charge in [0.2, 0.25) is 11.8 Å². The Balaban J connectivity index is 2.42. The molecule has 1 fully saturated rings. The van der Waals surface area contributed by atoms with Crippen LogP contribution in [0, 0.1) is 5.41 Å². The summed E-state index contributed by atoms with van der Waals surface area (Å²) in [5, 5.41) is 5.40. The molecule has 5 heteroatoms. The first-order chi connectivity index (χ1) is 7.86. The summed E-state index contributed by atoms with van der Waals surface area (Å²) in [4.78, 5) is 23.4. The maximum atomic E-state index is 12.0. The van der Waals surface area contributed by atoms with Gasteiger partial charge < -0.3 is 16.4 Å². The molecule has 0 bridgehead atoms. The van der Waals surface area contributed by atoms with E-state index in [1.807, 2.05) is 20.8 Å². The van der Waals surface area contributed by atoms with Crippen LogP contribution in [0.15, 0.2) is 0 Å². The zero-order valence-corrected chi connectivity index (χ0v) is 10.9. The SMILES string of the molecule is CC(C)NC(=O)CNC(=O)C1(C)CCCC1N. The highest BCUT2D eigenvalue weighted by atomic mass is 16.2. The molecule has 98 valence electrons. The van der Waals surface area contributed by atoms with Crippen molar-refractivity contribution in [2.24, 2.45) is 11.1 Å². The van der Waals surface area contributed by atoms with E-state index in [4.69, 9.17) is 5.73 Å². The third kappa shape index (κ3) is 3.43. The zero-order chi connectivity index (χ0) is 13.1. The van der Waals surface area contributed by atoms with Crippen molar-refractivity contribution in [3.05, 3.63) is 0 Å². The molecular formula is C12H23N3O2. The van der Waals surface area contributed by atoms with Gasteiger partial charge in [0.15, 0.2) is 0 Å². The van der Waals surface area contributed by atoms with Crippen molar-refractivity contribution < 1.29 is 9.59 Å². The van der Waals surface area contributed by atoms with Crippen LogP contribution in [0.2, 0.25) is 0 Å². The number of amides is 2. The van der Waals surface area contributed by atoms with Crippen molar-refractivity contribution in [2.75, 3.05) is 6.54 Å². The van der Waals surface area contributed by atoms with Crippen molar-refractivity contribution in [2.45, 2.75) is 52.1 Å². The average Bonchev–Trinajstić information content (AvgIpc) is 2.56. The number of rotatable bonds is 4. The molecule has 0 aromatic rings. The van der Waals surface area contributed by atoms with Gasteiger partial charge in [0.1, 0.15) is 0 Å². The highest BCUT2D eigenvalue weighted by Gasteiger charge is 2.42. The molecule has 5 nitrogen and oxygen atoms in total. The summed E-state index contributed by atoms with van der Waals surface area (Å²) in [5.41, 5.74) is 5.42. The van der Waals surface area contributed by atoms with Crippen LogP contribution in [-0.4, -0.2) is 30.4 Å². The summed E-state index contributed by atoms with van der Waals surface area (Å²) in [6.07, 6.45) is 2.65. The van der Waals surface area contributed by atoms with Gasteiger partial charge in [0, 0.05) is 12.1 Å². The second kappa shape index (κ2) is 5.49. The molecule has 0 aliphatic heterocycles. The van der Waals surface area contributed by atoms with Gasteiger partial charge in [0.05, 0.1) is 12.0 Å². The van der Waals surface area contributed by atoms with Gasteiger partial charge in [0.25, 0.3) is 0 Å². The van der Waals surface area contributed by atoms with Gasteiger partial charge in [-0.1, -0.05) is 6.42 Å². The van der Waals surface area contributed by atoms with Gasteiger partial charge in [-0.05, 0) is 33.6 Å². The second-order valence-electron chi connectivity index (χ2n) is 5.32. The molecule has 2 amide bonds. The summed E-state index contributed by atoms with van der Waals surface area (Å²) >= 11 is 0. The molecular weight excluding hydrogens is 218 g/mol. The lowest BCUT2D eigenvalue weighted by atomic mass is 9.84. The molecule has 1 aliphatic rings. The van der Waals surface area contributed by atoms with Crippen LogP contribution < -0.4 is 16.4 Å². The minimum Gasteiger partial charge on any atom is -0.352 e. The lowest BCUT2D eigenvalue weighted by Gasteiger charge is -2.27. The quantitative estimate of drug-likeness (QED) is 0.655. The normalized spacial score (nSPS) is 28.2. The van der Waals surface area contributed by atoms with E-state index in [1.165, 1.54) is 0 Å². The summed E-state index contributed by atoms with van der Waals surface area (Å²) < 4.78 is 0. The molecule has 0 heterocycles. The fourth-order valence-electron chi connectivity index (χ4n) is 2.21. The predicted octanol–water partition coefficient (Wildman–Crippen LogP) is 0.145. The third-order valence-corrected chi connectivity index (χ3v) is 3.41. The van der Waals surface area contributed by atoms with E-state index in [1.54, 1.807) is 0 Å². The Morgan fingerprint density at radius 3 is 2.59 bits per heavy atom. The second-order valence-corrected chi connectivity index (χ2v) is 5.32. The molecule has 1 rings (SSSR count). The van der Waals surface area contributed by atoms with Crippen LogP contribution >= 0.6 is 0 Å². The number of hydrogen-bond acceptors (Lipinski definition) is 3. The Bertz CT molecular complexity index is 304. The number of carbonyl (C=O) groups is 2. The highest BCUT2D eigenvalue weighted by Crippen LogP contribution is 2.36. The first-order valence-corrected chi connectivity index (χ1v) is 6.19. The summed E-state index contributed by atoms with van der Waals surface area (Å²) in [7, 11) is 0. The molecule has 0 saturated heterocycles. The van der Waals surface area contributed by atoms with Crippen molar-refractivity contribution in [1.29, 1.82) is 0 Å². The summed E-state index contributed by atoms with van der Waals surface area (Å²) in [5.74, 6) is -0.273. The summed E-state index contributed by atoms with van der Waals surface area (Å²) in [6, 6.07) is -0.0145. The maximum Gasteiger partial charge on any atom is 0.239 e. The lowest BCUT2D eigenvalue weighted by Crippen LogP contribution is -2.50. The Hall–Kier alpha value is -1.10. The van der Waals surface area contributed by atoms with Crippen LogP contribution in [0.1, 0.15) is 40.0 Å². The van der Waals surface area contributed by atoms with Gasteiger partial charge in [-0.2, -0.15) is 0 Å². The van der Waals surface area contributed by atoms with E-state index in [9.17, 15) is 9.59 Å². The van der Waals surface area contributed by atoms with Crippen molar-refractivity contribution in [3.8, 4) is 0 Å². The molecule has 2 unspecified atom stereocenters. The van der Waals surface area contributed by atoms with Gasteiger partial charge in [-0.3, -0.25) is 9.59 Å². The first-order valence-electron chi connectivity index (χ1n) is 6.19. The molecule has 17 heavy (non-hydrogen) atoms. The van der Waals surface area contributed by atoms with Crippen LogP contribution in [0.3, 0.4) is 0 Å². The van der Waals surface area contributed by atoms with Crippen LogP contribution in [-0.2, 0) is 9.59 Å². The van der Waals surface area contributed by atoms with Crippen molar-refractivity contribution in [1.82, 2.24) is 10.6 Å². The zero-order valence-electron chi connectivity index (χ0n) is 10.9. The highest BCUT2D eigenvalue weighted by molar-refractivity contribution is 5.88. The lowest BCUT2D eigenvalue weighted by molar-refractivity contribution is -0.133. The monoisotopic (exact) mass is 241 g/mol. The molecule has 0 aromatic carbocycles. The molecule has 2 atom stereocenters. The number of nitrogens with two attached hydrogens (primary N) is 1.